The molecule has 1 aromatic rings. The minimum Gasteiger partial charge on any atom is -0.490 e. The van der Waals surface area contributed by atoms with Gasteiger partial charge >= 0.3 is 5.69 Å². The van der Waals surface area contributed by atoms with E-state index < -0.39 is 4.92 Å². The largest absolute Gasteiger partial charge is 0.490 e. The Morgan fingerprint density at radius 2 is 2.12 bits per heavy atom. The van der Waals surface area contributed by atoms with Crippen LogP contribution in [-0.4, -0.2) is 36.3 Å². The third-order valence-corrected chi connectivity index (χ3v) is 2.95. The van der Waals surface area contributed by atoms with E-state index in [2.05, 4.69) is 0 Å². The van der Waals surface area contributed by atoms with Gasteiger partial charge in [0.15, 0.2) is 5.75 Å². The fourth-order valence-corrected chi connectivity index (χ4v) is 1.75. The van der Waals surface area contributed by atoms with Crippen LogP contribution in [0.2, 0.25) is 0 Å². The zero-order valence-corrected chi connectivity index (χ0v) is 10.5. The van der Waals surface area contributed by atoms with Crippen LogP contribution in [-0.2, 0) is 0 Å². The van der Waals surface area contributed by atoms with Gasteiger partial charge in [-0.2, -0.15) is 0 Å². The number of carbonyl (C=O) groups excluding carboxylic acids is 1. The zero-order chi connectivity index (χ0) is 13.0. The van der Waals surface area contributed by atoms with Crippen molar-refractivity contribution in [3.05, 3.63) is 28.3 Å². The van der Waals surface area contributed by atoms with E-state index in [1.807, 2.05) is 0 Å². The number of nitro benzene ring substituents is 1. The standard InChI is InChI=1S/C10H12N2O4S/c1-11(2)10(13)17-7-4-5-8(12(14)15)9(6-7)16-3/h4-6H,1-3H3. The number of nitro groups is 1. The molecule has 0 unspecified atom stereocenters. The first-order valence-corrected chi connectivity index (χ1v) is 5.49. The second-order valence-corrected chi connectivity index (χ2v) is 4.38. The highest BCUT2D eigenvalue weighted by molar-refractivity contribution is 8.13. The summed E-state index contributed by atoms with van der Waals surface area (Å²) in [4.78, 5) is 23.6. The number of amides is 1. The molecule has 0 aliphatic rings. The van der Waals surface area contributed by atoms with Crippen molar-refractivity contribution in [2.24, 2.45) is 0 Å². The third kappa shape index (κ3) is 3.35. The van der Waals surface area contributed by atoms with Crippen LogP contribution in [0.4, 0.5) is 10.5 Å². The molecular formula is C10H12N2O4S. The van der Waals surface area contributed by atoms with Crippen molar-refractivity contribution in [2.45, 2.75) is 4.90 Å². The van der Waals surface area contributed by atoms with Crippen LogP contribution in [0.5, 0.6) is 5.75 Å². The zero-order valence-electron chi connectivity index (χ0n) is 9.67. The van der Waals surface area contributed by atoms with Crippen molar-refractivity contribution in [1.82, 2.24) is 4.90 Å². The number of methoxy groups -OCH3 is 1. The van der Waals surface area contributed by atoms with E-state index in [0.29, 0.717) is 4.90 Å². The first kappa shape index (κ1) is 13.3. The maximum absolute atomic E-state index is 11.4. The highest BCUT2D eigenvalue weighted by atomic mass is 32.2. The topological polar surface area (TPSA) is 72.7 Å². The van der Waals surface area contributed by atoms with Gasteiger partial charge in [-0.3, -0.25) is 14.9 Å². The number of carbonyl (C=O) groups is 1. The maximum atomic E-state index is 11.4. The monoisotopic (exact) mass is 256 g/mol. The molecule has 1 rings (SSSR count). The van der Waals surface area contributed by atoms with Crippen molar-refractivity contribution in [1.29, 1.82) is 0 Å². The Bertz CT molecular complexity index is 448. The Labute approximate surface area is 103 Å². The Morgan fingerprint density at radius 1 is 1.47 bits per heavy atom. The van der Waals surface area contributed by atoms with Crippen molar-refractivity contribution in [2.75, 3.05) is 21.2 Å². The number of rotatable bonds is 3. The van der Waals surface area contributed by atoms with Gasteiger partial charge in [0.05, 0.1) is 12.0 Å². The van der Waals surface area contributed by atoms with E-state index in [0.717, 1.165) is 11.8 Å². The fraction of sp³-hybridized carbons (Fsp3) is 0.300. The molecule has 0 saturated heterocycles. The highest BCUT2D eigenvalue weighted by Gasteiger charge is 2.16. The maximum Gasteiger partial charge on any atom is 0.310 e. The van der Waals surface area contributed by atoms with E-state index in [1.165, 1.54) is 30.2 Å². The predicted molar refractivity (Wildman–Crippen MR) is 64.6 cm³/mol. The Balaban J connectivity index is 2.98. The number of ether oxygens (including phenoxy) is 1. The first-order valence-electron chi connectivity index (χ1n) is 4.67. The van der Waals surface area contributed by atoms with Crippen LogP contribution in [0.15, 0.2) is 23.1 Å². The summed E-state index contributed by atoms with van der Waals surface area (Å²) in [5.41, 5.74) is -0.117. The lowest BCUT2D eigenvalue weighted by Crippen LogP contribution is -2.16. The van der Waals surface area contributed by atoms with E-state index in [1.54, 1.807) is 14.1 Å². The number of benzene rings is 1. The summed E-state index contributed by atoms with van der Waals surface area (Å²) in [5.74, 6) is 0.145. The van der Waals surface area contributed by atoms with Gasteiger partial charge in [-0.25, -0.2) is 0 Å². The van der Waals surface area contributed by atoms with Crippen LogP contribution < -0.4 is 4.74 Å². The molecule has 1 amide bonds. The summed E-state index contributed by atoms with van der Waals surface area (Å²) in [5, 5.41) is 10.5. The summed E-state index contributed by atoms with van der Waals surface area (Å²) >= 11 is 0.986. The molecule has 7 heteroatoms. The van der Waals surface area contributed by atoms with Gasteiger partial charge in [0.2, 0.25) is 0 Å². The summed E-state index contributed by atoms with van der Waals surface area (Å²) in [7, 11) is 4.63. The molecule has 6 nitrogen and oxygen atoms in total. The molecule has 0 radical (unpaired) electrons. The van der Waals surface area contributed by atoms with Gasteiger partial charge in [-0.05, 0) is 17.8 Å². The molecule has 0 saturated carbocycles. The number of hydrogen-bond donors (Lipinski definition) is 0. The van der Waals surface area contributed by atoms with Gasteiger partial charge in [0, 0.05) is 31.1 Å². The number of nitrogens with zero attached hydrogens (tertiary/aromatic N) is 2. The minimum atomic E-state index is -0.527. The lowest BCUT2D eigenvalue weighted by molar-refractivity contribution is -0.385. The van der Waals surface area contributed by atoms with E-state index >= 15 is 0 Å². The van der Waals surface area contributed by atoms with Gasteiger partial charge in [-0.15, -0.1) is 0 Å². The molecule has 0 bridgehead atoms. The number of hydrogen-bond acceptors (Lipinski definition) is 5. The third-order valence-electron chi connectivity index (χ3n) is 1.92. The van der Waals surface area contributed by atoms with E-state index in [4.69, 9.17) is 4.74 Å². The normalized spacial score (nSPS) is 9.82. The van der Waals surface area contributed by atoms with Crippen LogP contribution >= 0.6 is 11.8 Å². The molecule has 0 fully saturated rings. The van der Waals surface area contributed by atoms with Gasteiger partial charge in [-0.1, -0.05) is 0 Å². The van der Waals surface area contributed by atoms with Crippen LogP contribution in [0.25, 0.3) is 0 Å². The number of thioether (sulfide) groups is 1. The highest BCUT2D eigenvalue weighted by Crippen LogP contribution is 2.32. The van der Waals surface area contributed by atoms with Crippen LogP contribution in [0.3, 0.4) is 0 Å². The molecule has 17 heavy (non-hydrogen) atoms. The molecular weight excluding hydrogens is 244 g/mol. The van der Waals surface area contributed by atoms with Gasteiger partial charge < -0.3 is 9.64 Å². The fourth-order valence-electron chi connectivity index (χ4n) is 1.06. The van der Waals surface area contributed by atoms with Crippen LogP contribution in [0.1, 0.15) is 0 Å². The summed E-state index contributed by atoms with van der Waals surface area (Å²) in [6.07, 6.45) is 0. The second kappa shape index (κ2) is 5.53. The van der Waals surface area contributed by atoms with E-state index in [9.17, 15) is 14.9 Å². The molecule has 0 heterocycles. The molecule has 0 aromatic heterocycles. The molecule has 1 aromatic carbocycles. The molecule has 92 valence electrons. The summed E-state index contributed by atoms with van der Waals surface area (Å²) < 4.78 is 4.91. The van der Waals surface area contributed by atoms with Crippen LogP contribution in [0, 0.1) is 10.1 Å². The lowest BCUT2D eigenvalue weighted by atomic mass is 10.3. The summed E-state index contributed by atoms with van der Waals surface area (Å²) in [6.45, 7) is 0. The molecule has 0 aliphatic heterocycles. The smallest absolute Gasteiger partial charge is 0.310 e. The molecule has 0 N–H and O–H groups in total. The van der Waals surface area contributed by atoms with Crippen molar-refractivity contribution >= 4 is 22.7 Å². The SMILES string of the molecule is COc1cc(SC(=O)N(C)C)ccc1[N+](=O)[O-]. The lowest BCUT2D eigenvalue weighted by Gasteiger charge is -2.09. The van der Waals surface area contributed by atoms with Crippen molar-refractivity contribution in [3.8, 4) is 5.75 Å². The Morgan fingerprint density at radius 3 is 2.59 bits per heavy atom. The predicted octanol–water partition coefficient (Wildman–Crippen LogP) is 2.38. The Hall–Kier alpha value is -1.76. The van der Waals surface area contributed by atoms with Gasteiger partial charge in [0.1, 0.15) is 0 Å². The summed E-state index contributed by atoms with van der Waals surface area (Å²) in [6, 6.07) is 4.32. The quantitative estimate of drug-likeness (QED) is 0.471. The van der Waals surface area contributed by atoms with Crippen molar-refractivity contribution in [3.63, 3.8) is 0 Å². The minimum absolute atomic E-state index is 0.117. The van der Waals surface area contributed by atoms with E-state index in [-0.39, 0.29) is 16.7 Å². The Kier molecular flexibility index (Phi) is 4.33. The molecule has 0 atom stereocenters. The first-order chi connectivity index (χ1) is 7.95. The molecule has 0 aliphatic carbocycles. The van der Waals surface area contributed by atoms with Crippen molar-refractivity contribution < 1.29 is 14.5 Å². The second-order valence-electron chi connectivity index (χ2n) is 3.35. The average molecular weight is 256 g/mol. The average Bonchev–Trinajstić information content (AvgIpc) is 2.28. The molecule has 0 spiro atoms. The van der Waals surface area contributed by atoms with Gasteiger partial charge in [0.25, 0.3) is 5.24 Å².